The molecule has 1 saturated heterocycles. The number of nitrogens with two attached hydrogens (primary N) is 2. The molecular weight excluding hydrogens is 166 g/mol. The van der Waals surface area contributed by atoms with Crippen LogP contribution in [0.5, 0.6) is 0 Å². The van der Waals surface area contributed by atoms with Crippen LogP contribution in [-0.2, 0) is 4.79 Å². The minimum absolute atomic E-state index is 0.0671. The van der Waals surface area contributed by atoms with Crippen molar-refractivity contribution >= 4 is 5.91 Å². The molecule has 4 N–H and O–H groups in total. The Hall–Kier alpha value is -0.610. The summed E-state index contributed by atoms with van der Waals surface area (Å²) in [4.78, 5) is 12.7. The highest BCUT2D eigenvalue weighted by atomic mass is 16.1. The van der Waals surface area contributed by atoms with Crippen LogP contribution in [0.2, 0.25) is 0 Å². The molecule has 4 heteroatoms. The molecule has 0 spiro atoms. The average Bonchev–Trinajstić information content (AvgIpc) is 2.77. The Kier molecular flexibility index (Phi) is 2.04. The van der Waals surface area contributed by atoms with Crippen LogP contribution in [0.25, 0.3) is 0 Å². The molecule has 0 atom stereocenters. The van der Waals surface area contributed by atoms with E-state index in [4.69, 9.17) is 11.5 Å². The second kappa shape index (κ2) is 2.96. The number of likely N-dealkylation sites (tertiary alicyclic amines) is 1. The van der Waals surface area contributed by atoms with Crippen molar-refractivity contribution in [3.05, 3.63) is 0 Å². The maximum absolute atomic E-state index is 10.5. The van der Waals surface area contributed by atoms with Gasteiger partial charge < -0.3 is 11.5 Å². The fourth-order valence-electron chi connectivity index (χ4n) is 2.13. The molecule has 4 nitrogen and oxygen atoms in total. The molecule has 1 aliphatic carbocycles. The van der Waals surface area contributed by atoms with Crippen molar-refractivity contribution in [3.8, 4) is 0 Å². The minimum Gasteiger partial charge on any atom is -0.370 e. The highest BCUT2D eigenvalue weighted by molar-refractivity contribution is 5.73. The molecule has 0 radical (unpaired) electrons. The van der Waals surface area contributed by atoms with Gasteiger partial charge >= 0.3 is 0 Å². The van der Waals surface area contributed by atoms with Crippen molar-refractivity contribution < 1.29 is 4.79 Å². The molecular formula is C9H17N3O. The van der Waals surface area contributed by atoms with E-state index >= 15 is 0 Å². The maximum atomic E-state index is 10.5. The Morgan fingerprint density at radius 3 is 2.54 bits per heavy atom. The van der Waals surface area contributed by atoms with Crippen LogP contribution in [0.1, 0.15) is 19.3 Å². The zero-order chi connectivity index (χ0) is 9.47. The first kappa shape index (κ1) is 8.97. The van der Waals surface area contributed by atoms with E-state index in [1.807, 2.05) is 0 Å². The molecule has 2 aliphatic rings. The third-order valence-corrected chi connectivity index (χ3v) is 3.10. The molecule has 1 aliphatic heterocycles. The predicted molar refractivity (Wildman–Crippen MR) is 49.9 cm³/mol. The van der Waals surface area contributed by atoms with Crippen LogP contribution < -0.4 is 11.5 Å². The van der Waals surface area contributed by atoms with Crippen LogP contribution in [0, 0.1) is 5.92 Å². The fraction of sp³-hybridized carbons (Fsp3) is 0.889. The van der Waals surface area contributed by atoms with Crippen LogP contribution in [0.4, 0.5) is 0 Å². The quantitative estimate of drug-likeness (QED) is 0.604. The van der Waals surface area contributed by atoms with E-state index in [1.165, 1.54) is 12.8 Å². The first-order chi connectivity index (χ1) is 6.10. The summed E-state index contributed by atoms with van der Waals surface area (Å²) >= 11 is 0. The third kappa shape index (κ3) is 1.84. The second-order valence-corrected chi connectivity index (χ2v) is 4.43. The number of carbonyl (C=O) groups excluding carboxylic acids is 1. The number of rotatable bonds is 4. The van der Waals surface area contributed by atoms with Crippen LogP contribution >= 0.6 is 0 Å². The fourth-order valence-corrected chi connectivity index (χ4v) is 2.13. The Balaban J connectivity index is 1.68. The molecule has 2 fully saturated rings. The van der Waals surface area contributed by atoms with Crippen molar-refractivity contribution in [2.24, 2.45) is 17.4 Å². The summed E-state index contributed by atoms with van der Waals surface area (Å²) in [5.41, 5.74) is 11.3. The summed E-state index contributed by atoms with van der Waals surface area (Å²) < 4.78 is 0. The lowest BCUT2D eigenvalue weighted by Crippen LogP contribution is -2.68. The van der Waals surface area contributed by atoms with Gasteiger partial charge in [-0.15, -0.1) is 0 Å². The molecule has 1 amide bonds. The molecule has 0 unspecified atom stereocenters. The van der Waals surface area contributed by atoms with Crippen LogP contribution in [0.15, 0.2) is 0 Å². The summed E-state index contributed by atoms with van der Waals surface area (Å²) in [6.07, 6.45) is 3.04. The molecule has 1 saturated carbocycles. The summed E-state index contributed by atoms with van der Waals surface area (Å²) in [5.74, 6) is 0.526. The van der Waals surface area contributed by atoms with E-state index in [0.29, 0.717) is 6.42 Å². The molecule has 1 heterocycles. The Morgan fingerprint density at radius 2 is 2.08 bits per heavy atom. The van der Waals surface area contributed by atoms with E-state index in [9.17, 15) is 4.79 Å². The van der Waals surface area contributed by atoms with Gasteiger partial charge in [0.2, 0.25) is 5.91 Å². The lowest BCUT2D eigenvalue weighted by Gasteiger charge is -2.48. The standard InChI is InChI=1S/C9H17N3O/c10-8(13)3-4-12-5-9(11,6-12)7-1-2-7/h7H,1-6,11H2,(H2,10,13). The van der Waals surface area contributed by atoms with E-state index in [-0.39, 0.29) is 11.4 Å². The average molecular weight is 183 g/mol. The number of amides is 1. The highest BCUT2D eigenvalue weighted by Crippen LogP contribution is 2.42. The number of nitrogens with zero attached hydrogens (tertiary/aromatic N) is 1. The van der Waals surface area contributed by atoms with Crippen molar-refractivity contribution in [1.82, 2.24) is 4.90 Å². The van der Waals surface area contributed by atoms with Crippen LogP contribution in [0.3, 0.4) is 0 Å². The smallest absolute Gasteiger partial charge is 0.218 e. The third-order valence-electron chi connectivity index (χ3n) is 3.10. The lowest BCUT2D eigenvalue weighted by molar-refractivity contribution is -0.118. The highest BCUT2D eigenvalue weighted by Gasteiger charge is 2.49. The summed E-state index contributed by atoms with van der Waals surface area (Å²) in [7, 11) is 0. The Bertz CT molecular complexity index is 219. The van der Waals surface area contributed by atoms with Crippen molar-refractivity contribution in [2.75, 3.05) is 19.6 Å². The summed E-state index contributed by atoms with van der Waals surface area (Å²) in [5, 5.41) is 0. The number of hydrogen-bond acceptors (Lipinski definition) is 3. The van der Waals surface area contributed by atoms with Gasteiger partial charge in [0.15, 0.2) is 0 Å². The Morgan fingerprint density at radius 1 is 1.46 bits per heavy atom. The van der Waals surface area contributed by atoms with E-state index in [2.05, 4.69) is 4.90 Å². The Labute approximate surface area is 78.2 Å². The van der Waals surface area contributed by atoms with E-state index < -0.39 is 0 Å². The zero-order valence-corrected chi connectivity index (χ0v) is 7.83. The maximum Gasteiger partial charge on any atom is 0.218 e. The molecule has 2 rings (SSSR count). The van der Waals surface area contributed by atoms with Gasteiger partial charge in [-0.25, -0.2) is 0 Å². The van der Waals surface area contributed by atoms with Gasteiger partial charge in [0.1, 0.15) is 0 Å². The van der Waals surface area contributed by atoms with Crippen molar-refractivity contribution in [1.29, 1.82) is 0 Å². The molecule has 74 valence electrons. The van der Waals surface area contributed by atoms with Gasteiger partial charge in [-0.1, -0.05) is 0 Å². The minimum atomic E-state index is -0.221. The molecule has 0 bridgehead atoms. The topological polar surface area (TPSA) is 72.4 Å². The molecule has 0 aromatic carbocycles. The first-order valence-electron chi connectivity index (χ1n) is 4.90. The lowest BCUT2D eigenvalue weighted by atomic mass is 9.85. The van der Waals surface area contributed by atoms with Gasteiger partial charge in [0, 0.05) is 31.6 Å². The monoisotopic (exact) mass is 183 g/mol. The van der Waals surface area contributed by atoms with Gasteiger partial charge in [-0.2, -0.15) is 0 Å². The number of hydrogen-bond donors (Lipinski definition) is 2. The zero-order valence-electron chi connectivity index (χ0n) is 7.83. The molecule has 13 heavy (non-hydrogen) atoms. The first-order valence-corrected chi connectivity index (χ1v) is 4.90. The molecule has 0 aromatic rings. The molecule has 0 aromatic heterocycles. The van der Waals surface area contributed by atoms with Gasteiger partial charge in [-0.05, 0) is 18.8 Å². The predicted octanol–water partition coefficient (Wildman–Crippen LogP) is -0.715. The SMILES string of the molecule is NC(=O)CCN1CC(N)(C2CC2)C1. The van der Waals surface area contributed by atoms with Gasteiger partial charge in [0.05, 0.1) is 0 Å². The van der Waals surface area contributed by atoms with E-state index in [1.54, 1.807) is 0 Å². The van der Waals surface area contributed by atoms with Crippen molar-refractivity contribution in [3.63, 3.8) is 0 Å². The summed E-state index contributed by atoms with van der Waals surface area (Å²) in [6.45, 7) is 2.68. The van der Waals surface area contributed by atoms with E-state index in [0.717, 1.165) is 25.6 Å². The number of carbonyl (C=O) groups is 1. The van der Waals surface area contributed by atoms with Crippen LogP contribution in [-0.4, -0.2) is 36.0 Å². The van der Waals surface area contributed by atoms with Crippen molar-refractivity contribution in [2.45, 2.75) is 24.8 Å². The van der Waals surface area contributed by atoms with Gasteiger partial charge in [0.25, 0.3) is 0 Å². The largest absolute Gasteiger partial charge is 0.370 e. The summed E-state index contributed by atoms with van der Waals surface area (Å²) in [6, 6.07) is 0. The number of primary amides is 1. The van der Waals surface area contributed by atoms with Gasteiger partial charge in [-0.3, -0.25) is 9.69 Å². The second-order valence-electron chi connectivity index (χ2n) is 4.43. The normalized spacial score (nSPS) is 26.8.